The van der Waals surface area contributed by atoms with Crippen molar-refractivity contribution in [1.82, 2.24) is 0 Å². The predicted molar refractivity (Wildman–Crippen MR) is 84.6 cm³/mol. The summed E-state index contributed by atoms with van der Waals surface area (Å²) in [6, 6.07) is 16.6. The van der Waals surface area contributed by atoms with Gasteiger partial charge in [-0.05, 0) is 23.3 Å². The molecule has 0 saturated carbocycles. The van der Waals surface area contributed by atoms with Crippen LogP contribution in [0.25, 0.3) is 11.1 Å². The molecule has 27 heavy (non-hydrogen) atoms. The molecule has 11 heteroatoms. The molecule has 0 radical (unpaired) electrons. The minimum Gasteiger partial charge on any atom is -0.810 e. The van der Waals surface area contributed by atoms with Crippen molar-refractivity contribution in [2.75, 3.05) is 0 Å². The molecule has 2 rings (SSSR count). The maximum absolute atomic E-state index is 11.0. The van der Waals surface area contributed by atoms with Gasteiger partial charge in [0, 0.05) is 12.0 Å². The first-order valence-corrected chi connectivity index (χ1v) is 10.1. The Kier molecular flexibility index (Phi) is 15.3. The molecule has 0 fully saturated rings. The fourth-order valence-corrected chi connectivity index (χ4v) is 4.09. The first kappa shape index (κ1) is 30.5. The van der Waals surface area contributed by atoms with Crippen LogP contribution in [0.3, 0.4) is 0 Å². The van der Waals surface area contributed by atoms with E-state index in [1.165, 1.54) is 0 Å². The monoisotopic (exact) mass is 432 g/mol. The standard InChI is InChI=1S/C16H16O6P2.3Na/c17-23(18,19)16(24(20,21)22)8-4-5-13-9-11-15(12-10-13)14-6-2-1-3-7-14;;;/h1-3,6-7,9-12,16H,8H2,(H2,17,18,19)(H2,20,21,22);;;/q;3*+1/p-3. The summed E-state index contributed by atoms with van der Waals surface area (Å²) in [5.74, 6) is 4.90. The molecule has 0 aromatic heterocycles. The third-order valence-electron chi connectivity index (χ3n) is 3.25. The molecule has 1 N–H and O–H groups in total. The summed E-state index contributed by atoms with van der Waals surface area (Å²) in [7, 11) is -10.8. The summed E-state index contributed by atoms with van der Waals surface area (Å²) in [5.41, 5.74) is 2.50. The number of rotatable bonds is 4. The number of benzene rings is 2. The van der Waals surface area contributed by atoms with Crippen molar-refractivity contribution in [2.45, 2.75) is 11.8 Å². The first-order valence-electron chi connectivity index (χ1n) is 6.87. The molecule has 0 aliphatic rings. The fraction of sp³-hybridized carbons (Fsp3) is 0.125. The maximum Gasteiger partial charge on any atom is 1.00 e. The summed E-state index contributed by atoms with van der Waals surface area (Å²) < 4.78 is 21.9. The molecule has 2 aromatic carbocycles. The molecule has 0 aliphatic heterocycles. The Morgan fingerprint density at radius 2 is 1.33 bits per heavy atom. The number of hydrogen-bond acceptors (Lipinski definition) is 5. The van der Waals surface area contributed by atoms with Crippen molar-refractivity contribution in [1.29, 1.82) is 0 Å². The Morgan fingerprint density at radius 3 is 1.78 bits per heavy atom. The van der Waals surface area contributed by atoms with Crippen LogP contribution >= 0.6 is 15.2 Å². The van der Waals surface area contributed by atoms with E-state index in [9.17, 15) is 23.8 Å². The zero-order valence-corrected chi connectivity index (χ0v) is 23.2. The van der Waals surface area contributed by atoms with Crippen LogP contribution in [0.1, 0.15) is 12.0 Å². The first-order chi connectivity index (χ1) is 11.2. The molecule has 126 valence electrons. The van der Waals surface area contributed by atoms with Crippen molar-refractivity contribution >= 4 is 15.2 Å². The van der Waals surface area contributed by atoms with Gasteiger partial charge in [-0.25, -0.2) is 0 Å². The van der Waals surface area contributed by atoms with Crippen LogP contribution in [-0.4, -0.2) is 10.3 Å². The van der Waals surface area contributed by atoms with Crippen LogP contribution in [0.2, 0.25) is 0 Å². The van der Waals surface area contributed by atoms with Gasteiger partial charge in [0.05, 0.1) is 5.40 Å². The molecule has 2 aromatic rings. The van der Waals surface area contributed by atoms with Crippen LogP contribution in [-0.2, 0) is 9.13 Å². The summed E-state index contributed by atoms with van der Waals surface area (Å²) in [6.07, 6.45) is -0.776. The van der Waals surface area contributed by atoms with E-state index in [-0.39, 0.29) is 88.7 Å². The Labute approximate surface area is 224 Å². The second-order valence-corrected chi connectivity index (χ2v) is 8.90. The van der Waals surface area contributed by atoms with Crippen LogP contribution < -0.4 is 103 Å². The summed E-state index contributed by atoms with van der Waals surface area (Å²) >= 11 is 0. The summed E-state index contributed by atoms with van der Waals surface area (Å²) in [4.78, 5) is 41.6. The van der Waals surface area contributed by atoms with Gasteiger partial charge in [0.1, 0.15) is 7.60 Å². The van der Waals surface area contributed by atoms with Crippen molar-refractivity contribution in [2.24, 2.45) is 0 Å². The third-order valence-corrected chi connectivity index (χ3v) is 6.82. The van der Waals surface area contributed by atoms with Gasteiger partial charge in [0.2, 0.25) is 0 Å². The van der Waals surface area contributed by atoms with Gasteiger partial charge in [-0.15, -0.1) is 0 Å². The maximum atomic E-state index is 11.0. The predicted octanol–water partition coefficient (Wildman–Crippen LogP) is -8.11. The Hall–Kier alpha value is 1.30. The molecule has 0 heterocycles. The van der Waals surface area contributed by atoms with Crippen LogP contribution in [0.5, 0.6) is 0 Å². The molecule has 0 saturated heterocycles. The van der Waals surface area contributed by atoms with Crippen molar-refractivity contribution in [3.8, 4) is 23.0 Å². The van der Waals surface area contributed by atoms with Gasteiger partial charge in [0.25, 0.3) is 0 Å². The van der Waals surface area contributed by atoms with Crippen LogP contribution in [0, 0.1) is 11.8 Å². The molecular formula is C16H13Na3O6P2. The normalized spacial score (nSPS) is 13.3. The smallest absolute Gasteiger partial charge is 0.810 e. The Morgan fingerprint density at radius 1 is 0.852 bits per heavy atom. The van der Waals surface area contributed by atoms with E-state index in [4.69, 9.17) is 4.89 Å². The van der Waals surface area contributed by atoms with Gasteiger partial charge in [-0.2, -0.15) is 0 Å². The van der Waals surface area contributed by atoms with Crippen LogP contribution in [0.4, 0.5) is 0 Å². The SMILES string of the molecule is O=P([O-])([O-])C(CC#Cc1ccc(-c2ccccc2)cc1)P(=O)([O-])O.[Na+].[Na+].[Na+]. The van der Waals surface area contributed by atoms with Gasteiger partial charge in [-0.1, -0.05) is 61.9 Å². The Balaban J connectivity index is 0. The summed E-state index contributed by atoms with van der Waals surface area (Å²) in [5, 5.41) is -2.43. The van der Waals surface area contributed by atoms with Gasteiger partial charge >= 0.3 is 88.7 Å². The zero-order valence-electron chi connectivity index (χ0n) is 15.4. The molecule has 0 bridgehead atoms. The van der Waals surface area contributed by atoms with Crippen molar-refractivity contribution in [3.05, 3.63) is 60.2 Å². The largest absolute Gasteiger partial charge is 1.00 e. The molecule has 0 aliphatic carbocycles. The average Bonchev–Trinajstić information content (AvgIpc) is 2.50. The number of hydrogen-bond donors (Lipinski definition) is 1. The van der Waals surface area contributed by atoms with Gasteiger partial charge in [0.15, 0.2) is 0 Å². The van der Waals surface area contributed by atoms with Crippen LogP contribution in [0.15, 0.2) is 54.6 Å². The van der Waals surface area contributed by atoms with Gasteiger partial charge < -0.3 is 28.7 Å². The van der Waals surface area contributed by atoms with Crippen molar-refractivity contribution < 1.29 is 117 Å². The second kappa shape index (κ2) is 13.6. The summed E-state index contributed by atoms with van der Waals surface area (Å²) in [6.45, 7) is 0. The molecule has 0 amide bonds. The molecule has 2 atom stereocenters. The van der Waals surface area contributed by atoms with E-state index in [0.717, 1.165) is 11.1 Å². The van der Waals surface area contributed by atoms with E-state index >= 15 is 0 Å². The fourth-order valence-electron chi connectivity index (χ4n) is 2.03. The average molecular weight is 432 g/mol. The molecule has 2 unspecified atom stereocenters. The molecular weight excluding hydrogens is 419 g/mol. The topological polar surface area (TPSA) is 124 Å². The minimum absolute atomic E-state index is 0. The van der Waals surface area contributed by atoms with Gasteiger partial charge in [-0.3, -0.25) is 0 Å². The second-order valence-electron chi connectivity index (χ2n) is 5.03. The molecule has 0 spiro atoms. The van der Waals surface area contributed by atoms with E-state index < -0.39 is 27.0 Å². The van der Waals surface area contributed by atoms with E-state index in [0.29, 0.717) is 5.56 Å². The van der Waals surface area contributed by atoms with E-state index in [1.807, 2.05) is 42.5 Å². The van der Waals surface area contributed by atoms with E-state index in [2.05, 4.69) is 11.8 Å². The van der Waals surface area contributed by atoms with E-state index in [1.54, 1.807) is 12.1 Å². The minimum atomic E-state index is -5.49. The molecule has 6 nitrogen and oxygen atoms in total. The quantitative estimate of drug-likeness (QED) is 0.291. The Bertz CT molecular complexity index is 831. The third kappa shape index (κ3) is 10.2. The van der Waals surface area contributed by atoms with Crippen molar-refractivity contribution in [3.63, 3.8) is 0 Å². The zero-order chi connectivity index (χ0) is 17.8.